The fraction of sp³-hybridized carbons (Fsp3) is 0.0833. The van der Waals surface area contributed by atoms with Crippen LogP contribution in [0.2, 0.25) is 0 Å². The summed E-state index contributed by atoms with van der Waals surface area (Å²) in [5.74, 6) is -1.76. The van der Waals surface area contributed by atoms with E-state index in [2.05, 4.69) is 10.2 Å². The van der Waals surface area contributed by atoms with Crippen LogP contribution in [0.25, 0.3) is 5.76 Å². The highest BCUT2D eigenvalue weighted by Crippen LogP contribution is 2.45. The quantitative estimate of drug-likeness (QED) is 0.119. The van der Waals surface area contributed by atoms with Crippen molar-refractivity contribution in [2.24, 2.45) is 0 Å². The van der Waals surface area contributed by atoms with Crippen molar-refractivity contribution in [1.29, 1.82) is 0 Å². The summed E-state index contributed by atoms with van der Waals surface area (Å²) >= 11 is 4.05. The van der Waals surface area contributed by atoms with Gasteiger partial charge in [0.2, 0.25) is 5.13 Å². The molecule has 3 heterocycles. The van der Waals surface area contributed by atoms with E-state index in [-0.39, 0.29) is 22.0 Å². The molecule has 1 aliphatic heterocycles. The maximum Gasteiger partial charge on any atom is 0.301 e. The smallest absolute Gasteiger partial charge is 0.301 e. The van der Waals surface area contributed by atoms with Crippen LogP contribution >= 0.6 is 34.4 Å². The summed E-state index contributed by atoms with van der Waals surface area (Å²) < 4.78 is 14.0. The first-order chi connectivity index (χ1) is 16.5. The molecular formula is C24H16FN3O3S3. The molecule has 0 aliphatic carbocycles. The molecule has 0 saturated carbocycles. The lowest BCUT2D eigenvalue weighted by atomic mass is 10.00. The molecule has 0 spiro atoms. The molecule has 2 aromatic carbocycles. The van der Waals surface area contributed by atoms with Gasteiger partial charge in [-0.25, -0.2) is 4.39 Å². The summed E-state index contributed by atoms with van der Waals surface area (Å²) in [7, 11) is 0. The maximum absolute atomic E-state index is 13.4. The zero-order valence-electron chi connectivity index (χ0n) is 17.4. The van der Waals surface area contributed by atoms with E-state index in [1.165, 1.54) is 63.6 Å². The van der Waals surface area contributed by atoms with Gasteiger partial charge in [0.15, 0.2) is 4.34 Å². The van der Waals surface area contributed by atoms with E-state index in [1.807, 2.05) is 35.7 Å². The second kappa shape index (κ2) is 9.49. The molecule has 6 nitrogen and oxygen atoms in total. The maximum atomic E-state index is 13.4. The van der Waals surface area contributed by atoms with Crippen molar-refractivity contribution >= 4 is 57.0 Å². The Kier molecular flexibility index (Phi) is 6.27. The molecule has 0 radical (unpaired) electrons. The minimum Gasteiger partial charge on any atom is -0.507 e. The van der Waals surface area contributed by atoms with Crippen molar-refractivity contribution in [3.8, 4) is 0 Å². The van der Waals surface area contributed by atoms with E-state index in [0.29, 0.717) is 15.0 Å². The van der Waals surface area contributed by atoms with Gasteiger partial charge in [0.25, 0.3) is 5.78 Å². The number of ketones is 1. The van der Waals surface area contributed by atoms with E-state index in [0.717, 1.165) is 5.56 Å². The van der Waals surface area contributed by atoms with E-state index >= 15 is 0 Å². The number of aromatic nitrogens is 2. The van der Waals surface area contributed by atoms with Gasteiger partial charge in [-0.05, 0) is 41.3 Å². The van der Waals surface area contributed by atoms with Crippen molar-refractivity contribution in [2.45, 2.75) is 16.1 Å². The number of Topliss-reactive ketones (excluding diaryl/α,β-unsaturated/α-hetero) is 1. The third-order valence-corrected chi connectivity index (χ3v) is 8.23. The topological polar surface area (TPSA) is 83.4 Å². The SMILES string of the molecule is O=C1C(=O)N(c2nnc(SCc3ccccc3)s2)[C@@H](c2cccs2)C1=C(O)c1ccc(F)cc1. The van der Waals surface area contributed by atoms with Crippen LogP contribution in [0.3, 0.4) is 0 Å². The van der Waals surface area contributed by atoms with Crippen molar-refractivity contribution in [3.63, 3.8) is 0 Å². The van der Waals surface area contributed by atoms with Crippen LogP contribution in [0.4, 0.5) is 9.52 Å². The standard InChI is InChI=1S/C24H16FN3O3S3/c25-16-10-8-15(9-11-16)20(29)18-19(17-7-4-12-32-17)28(22(31)21(18)30)23-26-27-24(34-23)33-13-14-5-2-1-3-6-14/h1-12,19,29H,13H2/t19-/m0/s1. The van der Waals surface area contributed by atoms with Gasteiger partial charge >= 0.3 is 5.91 Å². The Balaban J connectivity index is 1.51. The van der Waals surface area contributed by atoms with Gasteiger partial charge in [0.1, 0.15) is 17.6 Å². The Morgan fingerprint density at radius 3 is 2.50 bits per heavy atom. The number of aliphatic hydroxyl groups excluding tert-OH is 1. The molecule has 0 unspecified atom stereocenters. The molecule has 34 heavy (non-hydrogen) atoms. The predicted molar refractivity (Wildman–Crippen MR) is 131 cm³/mol. The molecule has 1 saturated heterocycles. The molecule has 1 atom stereocenters. The molecule has 1 N–H and O–H groups in total. The molecule has 1 fully saturated rings. The van der Waals surface area contributed by atoms with Crippen LogP contribution < -0.4 is 4.90 Å². The third-order valence-electron chi connectivity index (χ3n) is 5.18. The molecule has 170 valence electrons. The first-order valence-corrected chi connectivity index (χ1v) is 12.8. The largest absolute Gasteiger partial charge is 0.507 e. The molecule has 0 bridgehead atoms. The van der Waals surface area contributed by atoms with Crippen LogP contribution in [-0.2, 0) is 15.3 Å². The lowest BCUT2D eigenvalue weighted by Crippen LogP contribution is -2.29. The number of hydrogen-bond acceptors (Lipinski definition) is 8. The van der Waals surface area contributed by atoms with Gasteiger partial charge < -0.3 is 5.11 Å². The number of thioether (sulfide) groups is 1. The third kappa shape index (κ3) is 4.27. The highest BCUT2D eigenvalue weighted by atomic mass is 32.2. The predicted octanol–water partition coefficient (Wildman–Crippen LogP) is 5.66. The van der Waals surface area contributed by atoms with Gasteiger partial charge in [-0.15, -0.1) is 21.5 Å². The van der Waals surface area contributed by atoms with Crippen LogP contribution in [0.5, 0.6) is 0 Å². The minimum atomic E-state index is -0.857. The van der Waals surface area contributed by atoms with Crippen molar-refractivity contribution in [1.82, 2.24) is 10.2 Å². The average molecular weight is 510 g/mol. The number of nitrogens with zero attached hydrogens (tertiary/aromatic N) is 3. The molecule has 2 aromatic heterocycles. The average Bonchev–Trinajstić information content (AvgIpc) is 3.59. The Morgan fingerprint density at radius 1 is 1.03 bits per heavy atom. The number of carbonyl (C=O) groups excluding carboxylic acids is 2. The molecular weight excluding hydrogens is 493 g/mol. The number of benzene rings is 2. The lowest BCUT2D eigenvalue weighted by molar-refractivity contribution is -0.132. The summed E-state index contributed by atoms with van der Waals surface area (Å²) in [6.45, 7) is 0. The number of aliphatic hydroxyl groups is 1. The van der Waals surface area contributed by atoms with Crippen LogP contribution in [0.15, 0.2) is 82.0 Å². The highest BCUT2D eigenvalue weighted by molar-refractivity contribution is 8.00. The Hall–Kier alpha value is -3.34. The van der Waals surface area contributed by atoms with Gasteiger partial charge in [0, 0.05) is 16.2 Å². The van der Waals surface area contributed by atoms with Crippen molar-refractivity contribution in [3.05, 3.63) is 99.5 Å². The van der Waals surface area contributed by atoms with Crippen LogP contribution in [-0.4, -0.2) is 27.0 Å². The zero-order chi connectivity index (χ0) is 23.7. The number of halogens is 1. The van der Waals surface area contributed by atoms with Crippen molar-refractivity contribution in [2.75, 3.05) is 4.90 Å². The molecule has 1 aliphatic rings. The first kappa shape index (κ1) is 22.5. The number of amides is 1. The number of anilines is 1. The first-order valence-electron chi connectivity index (χ1n) is 10.1. The number of thiophene rings is 1. The van der Waals surface area contributed by atoms with E-state index in [4.69, 9.17) is 0 Å². The second-order valence-electron chi connectivity index (χ2n) is 7.32. The summed E-state index contributed by atoms with van der Waals surface area (Å²) in [5, 5.41) is 21.5. The number of rotatable bonds is 6. The second-order valence-corrected chi connectivity index (χ2v) is 10.5. The summed E-state index contributed by atoms with van der Waals surface area (Å²) in [6, 6.07) is 17.7. The van der Waals surface area contributed by atoms with Gasteiger partial charge in [-0.3, -0.25) is 14.5 Å². The molecule has 10 heteroatoms. The summed E-state index contributed by atoms with van der Waals surface area (Å²) in [4.78, 5) is 28.2. The van der Waals surface area contributed by atoms with E-state index in [1.54, 1.807) is 12.1 Å². The van der Waals surface area contributed by atoms with Gasteiger partial charge in [-0.2, -0.15) is 0 Å². The fourth-order valence-electron chi connectivity index (χ4n) is 3.59. The van der Waals surface area contributed by atoms with E-state index in [9.17, 15) is 19.1 Å². The molecule has 5 rings (SSSR count). The number of hydrogen-bond donors (Lipinski definition) is 1. The van der Waals surface area contributed by atoms with E-state index < -0.39 is 23.5 Å². The lowest BCUT2D eigenvalue weighted by Gasteiger charge is -2.20. The molecule has 4 aromatic rings. The summed E-state index contributed by atoms with van der Waals surface area (Å²) in [5.41, 5.74) is 1.31. The van der Waals surface area contributed by atoms with Crippen LogP contribution in [0.1, 0.15) is 22.0 Å². The molecule has 1 amide bonds. The van der Waals surface area contributed by atoms with Gasteiger partial charge in [-0.1, -0.05) is 59.5 Å². The monoisotopic (exact) mass is 509 g/mol. The minimum absolute atomic E-state index is 0.0623. The Morgan fingerprint density at radius 2 is 1.79 bits per heavy atom. The summed E-state index contributed by atoms with van der Waals surface area (Å²) in [6.07, 6.45) is 0. The Bertz CT molecular complexity index is 1370. The van der Waals surface area contributed by atoms with Gasteiger partial charge in [0.05, 0.1) is 5.57 Å². The number of carbonyl (C=O) groups is 2. The Labute approximate surface area is 206 Å². The van der Waals surface area contributed by atoms with Crippen LogP contribution in [0, 0.1) is 5.82 Å². The van der Waals surface area contributed by atoms with Crippen molar-refractivity contribution < 1.29 is 19.1 Å². The highest BCUT2D eigenvalue weighted by Gasteiger charge is 2.48. The normalized spacial score (nSPS) is 17.4. The zero-order valence-corrected chi connectivity index (χ0v) is 19.9. The fourth-order valence-corrected chi connectivity index (χ4v) is 6.23.